The Balaban J connectivity index is 1.92. The maximum atomic E-state index is 4.42. The van der Waals surface area contributed by atoms with Crippen molar-refractivity contribution < 1.29 is 0 Å². The van der Waals surface area contributed by atoms with E-state index in [2.05, 4.69) is 46.7 Å². The summed E-state index contributed by atoms with van der Waals surface area (Å²) in [6.07, 6.45) is 6.69. The van der Waals surface area contributed by atoms with Crippen molar-refractivity contribution in [1.29, 1.82) is 0 Å². The van der Waals surface area contributed by atoms with Crippen molar-refractivity contribution in [1.82, 2.24) is 14.5 Å². The lowest BCUT2D eigenvalue weighted by Gasteiger charge is -2.23. The van der Waals surface area contributed by atoms with Crippen LogP contribution in [0.25, 0.3) is 0 Å². The van der Waals surface area contributed by atoms with E-state index in [1.165, 1.54) is 25.9 Å². The van der Waals surface area contributed by atoms with E-state index in [0.29, 0.717) is 12.0 Å². The van der Waals surface area contributed by atoms with Gasteiger partial charge < -0.3 is 14.8 Å². The number of hydrogen-bond acceptors (Lipinski definition) is 3. The molecule has 1 saturated heterocycles. The molecule has 4 nitrogen and oxygen atoms in total. The van der Waals surface area contributed by atoms with E-state index < -0.39 is 0 Å². The van der Waals surface area contributed by atoms with Gasteiger partial charge in [0, 0.05) is 31.5 Å². The molecule has 0 aliphatic carbocycles. The summed E-state index contributed by atoms with van der Waals surface area (Å²) in [6, 6.07) is 0.486. The predicted molar refractivity (Wildman–Crippen MR) is 75.9 cm³/mol. The molecule has 4 heteroatoms. The standard InChI is InChI=1S/C14H26N4/c1-12(2)10-16-14-15-6-9-18(14)13(3)11-17-7-4-5-8-17/h6,9,12-13H,4-5,7-8,10-11H2,1-3H3,(H,15,16). The Hall–Kier alpha value is -1.03. The highest BCUT2D eigenvalue weighted by atomic mass is 15.2. The second-order valence-electron chi connectivity index (χ2n) is 5.79. The van der Waals surface area contributed by atoms with E-state index >= 15 is 0 Å². The number of rotatable bonds is 6. The Morgan fingerprint density at radius 3 is 2.67 bits per heavy atom. The first kappa shape index (κ1) is 13.4. The molecule has 102 valence electrons. The van der Waals surface area contributed by atoms with E-state index in [0.717, 1.165) is 19.0 Å². The van der Waals surface area contributed by atoms with Crippen LogP contribution in [-0.4, -0.2) is 40.6 Å². The molecule has 1 atom stereocenters. The first-order chi connectivity index (χ1) is 8.66. The summed E-state index contributed by atoms with van der Waals surface area (Å²) in [7, 11) is 0. The van der Waals surface area contributed by atoms with Gasteiger partial charge in [-0.15, -0.1) is 0 Å². The van der Waals surface area contributed by atoms with Gasteiger partial charge in [-0.2, -0.15) is 0 Å². The monoisotopic (exact) mass is 250 g/mol. The van der Waals surface area contributed by atoms with Crippen LogP contribution in [-0.2, 0) is 0 Å². The topological polar surface area (TPSA) is 33.1 Å². The van der Waals surface area contributed by atoms with Crippen LogP contribution in [0.1, 0.15) is 39.7 Å². The summed E-state index contributed by atoms with van der Waals surface area (Å²) in [5, 5.41) is 3.43. The number of nitrogens with zero attached hydrogens (tertiary/aromatic N) is 3. The number of imidazole rings is 1. The van der Waals surface area contributed by atoms with E-state index in [1.807, 2.05) is 6.20 Å². The van der Waals surface area contributed by atoms with Crippen LogP contribution in [0.3, 0.4) is 0 Å². The quantitative estimate of drug-likeness (QED) is 0.842. The molecular formula is C14H26N4. The Morgan fingerprint density at radius 2 is 2.00 bits per heavy atom. The highest BCUT2D eigenvalue weighted by Crippen LogP contribution is 2.17. The zero-order valence-electron chi connectivity index (χ0n) is 11.9. The third-order valence-electron chi connectivity index (χ3n) is 3.53. The molecule has 1 aliphatic rings. The van der Waals surface area contributed by atoms with Crippen LogP contribution in [0, 0.1) is 5.92 Å². The average molecular weight is 250 g/mol. The Labute approximate surface area is 110 Å². The minimum absolute atomic E-state index is 0.486. The van der Waals surface area contributed by atoms with Crippen molar-refractivity contribution in [3.63, 3.8) is 0 Å². The first-order valence-electron chi connectivity index (χ1n) is 7.16. The number of anilines is 1. The molecule has 0 aromatic carbocycles. The van der Waals surface area contributed by atoms with Gasteiger partial charge in [-0.25, -0.2) is 4.98 Å². The van der Waals surface area contributed by atoms with Crippen molar-refractivity contribution in [2.45, 2.75) is 39.7 Å². The normalized spacial score (nSPS) is 18.4. The van der Waals surface area contributed by atoms with Crippen molar-refractivity contribution in [3.05, 3.63) is 12.4 Å². The minimum atomic E-state index is 0.486. The van der Waals surface area contributed by atoms with Gasteiger partial charge in [0.2, 0.25) is 5.95 Å². The summed E-state index contributed by atoms with van der Waals surface area (Å²) >= 11 is 0. The van der Waals surface area contributed by atoms with E-state index in [-0.39, 0.29) is 0 Å². The van der Waals surface area contributed by atoms with Crippen LogP contribution in [0.2, 0.25) is 0 Å². The van der Waals surface area contributed by atoms with Crippen LogP contribution >= 0.6 is 0 Å². The summed E-state index contributed by atoms with van der Waals surface area (Å²) in [6.45, 7) is 11.3. The van der Waals surface area contributed by atoms with E-state index in [1.54, 1.807) is 0 Å². The molecule has 0 radical (unpaired) electrons. The Kier molecular flexibility index (Phi) is 4.64. The molecule has 0 amide bonds. The summed E-state index contributed by atoms with van der Waals surface area (Å²) in [5.41, 5.74) is 0. The maximum Gasteiger partial charge on any atom is 0.203 e. The van der Waals surface area contributed by atoms with Gasteiger partial charge >= 0.3 is 0 Å². The van der Waals surface area contributed by atoms with Crippen molar-refractivity contribution in [2.75, 3.05) is 31.5 Å². The molecule has 2 rings (SSSR count). The van der Waals surface area contributed by atoms with Gasteiger partial charge in [-0.1, -0.05) is 13.8 Å². The average Bonchev–Trinajstić information content (AvgIpc) is 2.96. The van der Waals surface area contributed by atoms with Gasteiger partial charge in [-0.05, 0) is 38.8 Å². The minimum Gasteiger partial charge on any atom is -0.355 e. The van der Waals surface area contributed by atoms with E-state index in [9.17, 15) is 0 Å². The maximum absolute atomic E-state index is 4.42. The third-order valence-corrected chi connectivity index (χ3v) is 3.53. The number of hydrogen-bond donors (Lipinski definition) is 1. The molecule has 1 N–H and O–H groups in total. The largest absolute Gasteiger partial charge is 0.355 e. The second kappa shape index (κ2) is 6.23. The third kappa shape index (κ3) is 3.48. The Morgan fingerprint density at radius 1 is 1.28 bits per heavy atom. The highest BCUT2D eigenvalue weighted by molar-refractivity contribution is 5.26. The van der Waals surface area contributed by atoms with Crippen LogP contribution < -0.4 is 5.32 Å². The SMILES string of the molecule is CC(C)CNc1nccn1C(C)CN1CCCC1. The van der Waals surface area contributed by atoms with Crippen molar-refractivity contribution >= 4 is 5.95 Å². The Bertz CT molecular complexity index is 352. The van der Waals surface area contributed by atoms with E-state index in [4.69, 9.17) is 0 Å². The summed E-state index contributed by atoms with van der Waals surface area (Å²) < 4.78 is 2.26. The van der Waals surface area contributed by atoms with Crippen LogP contribution in [0.5, 0.6) is 0 Å². The number of nitrogens with one attached hydrogen (secondary N) is 1. The van der Waals surface area contributed by atoms with Gasteiger partial charge in [-0.3, -0.25) is 0 Å². The summed E-state index contributed by atoms with van der Waals surface area (Å²) in [5.74, 6) is 1.65. The summed E-state index contributed by atoms with van der Waals surface area (Å²) in [4.78, 5) is 6.97. The molecule has 1 unspecified atom stereocenters. The molecule has 1 aliphatic heterocycles. The molecule has 0 saturated carbocycles. The van der Waals surface area contributed by atoms with Crippen LogP contribution in [0.15, 0.2) is 12.4 Å². The second-order valence-corrected chi connectivity index (χ2v) is 5.79. The molecular weight excluding hydrogens is 224 g/mol. The molecule has 1 fully saturated rings. The van der Waals surface area contributed by atoms with Crippen molar-refractivity contribution in [3.8, 4) is 0 Å². The van der Waals surface area contributed by atoms with Crippen LogP contribution in [0.4, 0.5) is 5.95 Å². The fourth-order valence-corrected chi connectivity index (χ4v) is 2.53. The lowest BCUT2D eigenvalue weighted by Crippen LogP contribution is -2.27. The smallest absolute Gasteiger partial charge is 0.203 e. The van der Waals surface area contributed by atoms with Gasteiger partial charge in [0.25, 0.3) is 0 Å². The fraction of sp³-hybridized carbons (Fsp3) is 0.786. The lowest BCUT2D eigenvalue weighted by molar-refractivity contribution is 0.288. The van der Waals surface area contributed by atoms with Crippen molar-refractivity contribution in [2.24, 2.45) is 5.92 Å². The predicted octanol–water partition coefficient (Wildman–Crippen LogP) is 2.61. The first-order valence-corrected chi connectivity index (χ1v) is 7.16. The molecule has 18 heavy (non-hydrogen) atoms. The zero-order valence-corrected chi connectivity index (χ0v) is 11.9. The van der Waals surface area contributed by atoms with Gasteiger partial charge in [0.1, 0.15) is 0 Å². The number of aromatic nitrogens is 2. The zero-order chi connectivity index (χ0) is 13.0. The van der Waals surface area contributed by atoms with Gasteiger partial charge in [0.15, 0.2) is 0 Å². The number of likely N-dealkylation sites (tertiary alicyclic amines) is 1. The highest BCUT2D eigenvalue weighted by Gasteiger charge is 2.17. The molecule has 1 aromatic rings. The molecule has 2 heterocycles. The molecule has 0 spiro atoms. The lowest BCUT2D eigenvalue weighted by atomic mass is 10.2. The van der Waals surface area contributed by atoms with Gasteiger partial charge in [0.05, 0.1) is 0 Å². The molecule has 0 bridgehead atoms. The fourth-order valence-electron chi connectivity index (χ4n) is 2.53. The molecule has 1 aromatic heterocycles.